The third-order valence-electron chi connectivity index (χ3n) is 6.54. The lowest BCUT2D eigenvalue weighted by Gasteiger charge is -2.41. The minimum Gasteiger partial charge on any atom is -0.381 e. The summed E-state index contributed by atoms with van der Waals surface area (Å²) in [6, 6.07) is 0.619. The summed E-state index contributed by atoms with van der Waals surface area (Å²) >= 11 is 0. The Kier molecular flexibility index (Phi) is 5.60. The van der Waals surface area contributed by atoms with Gasteiger partial charge in [-0.15, -0.1) is 0 Å². The predicted octanol–water partition coefficient (Wildman–Crippen LogP) is 2.02. The first-order valence-corrected chi connectivity index (χ1v) is 10.3. The number of hydrogen-bond donors (Lipinski definition) is 0. The van der Waals surface area contributed by atoms with Crippen LogP contribution in [0.3, 0.4) is 0 Å². The Labute approximate surface area is 156 Å². The predicted molar refractivity (Wildman–Crippen MR) is 99.9 cm³/mol. The molecule has 0 bridgehead atoms. The van der Waals surface area contributed by atoms with Gasteiger partial charge in [-0.3, -0.25) is 9.69 Å². The van der Waals surface area contributed by atoms with Crippen molar-refractivity contribution in [2.75, 3.05) is 39.4 Å². The summed E-state index contributed by atoms with van der Waals surface area (Å²) < 4.78 is 7.62. The van der Waals surface area contributed by atoms with Crippen molar-refractivity contribution in [1.82, 2.24) is 19.4 Å². The van der Waals surface area contributed by atoms with Crippen molar-refractivity contribution in [3.05, 3.63) is 18.2 Å². The highest BCUT2D eigenvalue weighted by atomic mass is 16.5. The molecule has 0 saturated carbocycles. The number of likely N-dealkylation sites (tertiary alicyclic amines) is 2. The second kappa shape index (κ2) is 8.09. The van der Waals surface area contributed by atoms with Gasteiger partial charge in [0.05, 0.1) is 5.92 Å². The van der Waals surface area contributed by atoms with Crippen LogP contribution in [0.15, 0.2) is 12.4 Å². The molecule has 3 saturated heterocycles. The maximum atomic E-state index is 13.1. The topological polar surface area (TPSA) is 50.6 Å². The van der Waals surface area contributed by atoms with Gasteiger partial charge >= 0.3 is 0 Å². The Morgan fingerprint density at radius 1 is 1.12 bits per heavy atom. The number of hydrogen-bond acceptors (Lipinski definition) is 4. The first-order chi connectivity index (χ1) is 12.7. The van der Waals surface area contributed by atoms with Crippen LogP contribution in [0, 0.1) is 5.92 Å². The van der Waals surface area contributed by atoms with E-state index in [-0.39, 0.29) is 5.92 Å². The first-order valence-electron chi connectivity index (χ1n) is 10.3. The molecule has 6 nitrogen and oxygen atoms in total. The lowest BCUT2D eigenvalue weighted by molar-refractivity contribution is -0.139. The van der Waals surface area contributed by atoms with Crippen LogP contribution in [-0.2, 0) is 16.6 Å². The van der Waals surface area contributed by atoms with E-state index in [9.17, 15) is 4.79 Å². The molecule has 0 aromatic carbocycles. The molecule has 0 aliphatic carbocycles. The van der Waals surface area contributed by atoms with Gasteiger partial charge in [-0.1, -0.05) is 0 Å². The summed E-state index contributed by atoms with van der Waals surface area (Å²) in [5.41, 5.74) is 0. The first kappa shape index (κ1) is 18.0. The third-order valence-corrected chi connectivity index (χ3v) is 6.54. The summed E-state index contributed by atoms with van der Waals surface area (Å²) in [5.74, 6) is 2.24. The molecule has 4 heterocycles. The van der Waals surface area contributed by atoms with E-state index in [0.717, 1.165) is 77.9 Å². The number of aromatic nitrogens is 2. The van der Waals surface area contributed by atoms with Crippen LogP contribution in [0.1, 0.15) is 50.3 Å². The van der Waals surface area contributed by atoms with Gasteiger partial charge in [-0.2, -0.15) is 0 Å². The zero-order valence-corrected chi connectivity index (χ0v) is 16.0. The van der Waals surface area contributed by atoms with Gasteiger partial charge in [0.25, 0.3) is 0 Å². The van der Waals surface area contributed by atoms with E-state index in [2.05, 4.69) is 26.4 Å². The summed E-state index contributed by atoms with van der Waals surface area (Å²) in [6.45, 7) is 5.60. The number of aryl methyl sites for hydroxylation is 1. The fourth-order valence-corrected chi connectivity index (χ4v) is 4.98. The van der Waals surface area contributed by atoms with E-state index in [4.69, 9.17) is 4.74 Å². The molecule has 4 rings (SSSR count). The summed E-state index contributed by atoms with van der Waals surface area (Å²) in [7, 11) is 2.06. The van der Waals surface area contributed by atoms with Crippen LogP contribution < -0.4 is 0 Å². The maximum absolute atomic E-state index is 13.1. The van der Waals surface area contributed by atoms with E-state index in [0.29, 0.717) is 17.9 Å². The van der Waals surface area contributed by atoms with Crippen molar-refractivity contribution in [3.8, 4) is 0 Å². The van der Waals surface area contributed by atoms with Gasteiger partial charge in [0.1, 0.15) is 5.82 Å². The molecule has 1 aromatic rings. The average Bonchev–Trinajstić information content (AvgIpc) is 3.14. The Bertz CT molecular complexity index is 603. The van der Waals surface area contributed by atoms with Gasteiger partial charge in [0, 0.05) is 64.2 Å². The third kappa shape index (κ3) is 3.81. The minimum absolute atomic E-state index is 0.191. The van der Waals surface area contributed by atoms with Crippen LogP contribution in [0.25, 0.3) is 0 Å². The van der Waals surface area contributed by atoms with Crippen LogP contribution in [0.2, 0.25) is 0 Å². The quantitative estimate of drug-likeness (QED) is 0.827. The number of carbonyl (C=O) groups excluding carboxylic acids is 1. The number of nitrogens with zero attached hydrogens (tertiary/aromatic N) is 4. The molecule has 26 heavy (non-hydrogen) atoms. The normalized spacial score (nSPS) is 27.0. The molecular formula is C20H32N4O2. The highest BCUT2D eigenvalue weighted by Gasteiger charge is 2.34. The van der Waals surface area contributed by atoms with E-state index >= 15 is 0 Å². The molecule has 3 aliphatic heterocycles. The minimum atomic E-state index is 0.191. The van der Waals surface area contributed by atoms with E-state index in [1.54, 1.807) is 0 Å². The second-order valence-electron chi connectivity index (χ2n) is 8.17. The van der Waals surface area contributed by atoms with Crippen LogP contribution in [-0.4, -0.2) is 70.7 Å². The molecule has 3 aliphatic rings. The summed E-state index contributed by atoms with van der Waals surface area (Å²) in [6.07, 6.45) is 10.4. The van der Waals surface area contributed by atoms with Crippen molar-refractivity contribution < 1.29 is 9.53 Å². The van der Waals surface area contributed by atoms with Crippen molar-refractivity contribution in [2.45, 2.75) is 50.5 Å². The Morgan fingerprint density at radius 3 is 2.58 bits per heavy atom. The monoisotopic (exact) mass is 360 g/mol. The van der Waals surface area contributed by atoms with Crippen molar-refractivity contribution in [2.24, 2.45) is 13.0 Å². The maximum Gasteiger partial charge on any atom is 0.226 e. The Balaban J connectivity index is 1.31. The number of imidazole rings is 1. The lowest BCUT2D eigenvalue weighted by atomic mass is 9.91. The van der Waals surface area contributed by atoms with E-state index in [1.807, 2.05) is 12.4 Å². The van der Waals surface area contributed by atoms with Crippen molar-refractivity contribution in [1.29, 1.82) is 0 Å². The van der Waals surface area contributed by atoms with Crippen molar-refractivity contribution in [3.63, 3.8) is 0 Å². The smallest absolute Gasteiger partial charge is 0.226 e. The standard InChI is InChI=1S/C20H32N4O2/c1-22-12-8-21-19(22)16-4-10-23(11-5-16)20(25)17-3-2-9-24(15-17)18-6-13-26-14-7-18/h8,12,16-18H,2-7,9-11,13-15H2,1H3. The average molecular weight is 361 g/mol. The van der Waals surface area contributed by atoms with Crippen LogP contribution >= 0.6 is 0 Å². The number of ether oxygens (including phenoxy) is 1. The Hall–Kier alpha value is -1.40. The summed E-state index contributed by atoms with van der Waals surface area (Å²) in [5, 5.41) is 0. The van der Waals surface area contributed by atoms with Gasteiger partial charge in [-0.05, 0) is 45.1 Å². The molecule has 1 unspecified atom stereocenters. The molecule has 1 aromatic heterocycles. The molecule has 0 N–H and O–H groups in total. The van der Waals surface area contributed by atoms with Gasteiger partial charge < -0.3 is 14.2 Å². The molecule has 0 radical (unpaired) electrons. The van der Waals surface area contributed by atoms with Crippen LogP contribution in [0.4, 0.5) is 0 Å². The number of rotatable bonds is 3. The molecule has 144 valence electrons. The Morgan fingerprint density at radius 2 is 1.88 bits per heavy atom. The van der Waals surface area contributed by atoms with E-state index in [1.165, 1.54) is 5.82 Å². The molecule has 1 amide bonds. The number of carbonyl (C=O) groups is 1. The van der Waals surface area contributed by atoms with Gasteiger partial charge in [0.2, 0.25) is 5.91 Å². The molecule has 3 fully saturated rings. The fourth-order valence-electron chi connectivity index (χ4n) is 4.98. The van der Waals surface area contributed by atoms with Gasteiger partial charge in [-0.25, -0.2) is 4.98 Å². The molecular weight excluding hydrogens is 328 g/mol. The van der Waals surface area contributed by atoms with Crippen molar-refractivity contribution >= 4 is 5.91 Å². The number of piperidine rings is 2. The lowest BCUT2D eigenvalue weighted by Crippen LogP contribution is -2.50. The molecule has 6 heteroatoms. The second-order valence-corrected chi connectivity index (χ2v) is 8.17. The molecule has 1 atom stereocenters. The number of amides is 1. The highest BCUT2D eigenvalue weighted by molar-refractivity contribution is 5.79. The zero-order chi connectivity index (χ0) is 17.9. The van der Waals surface area contributed by atoms with Gasteiger partial charge in [0.15, 0.2) is 0 Å². The zero-order valence-electron chi connectivity index (χ0n) is 16.0. The largest absolute Gasteiger partial charge is 0.381 e. The molecule has 0 spiro atoms. The highest BCUT2D eigenvalue weighted by Crippen LogP contribution is 2.29. The van der Waals surface area contributed by atoms with E-state index < -0.39 is 0 Å². The van der Waals surface area contributed by atoms with Crippen LogP contribution in [0.5, 0.6) is 0 Å². The SMILES string of the molecule is Cn1ccnc1C1CCN(C(=O)C2CCCN(C3CCOCC3)C2)CC1. The fraction of sp³-hybridized carbons (Fsp3) is 0.800. The summed E-state index contributed by atoms with van der Waals surface area (Å²) in [4.78, 5) is 22.3.